The Morgan fingerprint density at radius 3 is 2.73 bits per heavy atom. The average Bonchev–Trinajstić information content (AvgIpc) is 2.91. The van der Waals surface area contributed by atoms with Crippen molar-refractivity contribution in [3.63, 3.8) is 0 Å². The van der Waals surface area contributed by atoms with Crippen molar-refractivity contribution in [2.24, 2.45) is 0 Å². The van der Waals surface area contributed by atoms with Crippen molar-refractivity contribution in [2.45, 2.75) is 6.92 Å². The Hall–Kier alpha value is -3.09. The molecule has 0 radical (unpaired) electrons. The molecule has 0 spiro atoms. The Kier molecular flexibility index (Phi) is 4.57. The Balaban J connectivity index is 2.11. The van der Waals surface area contributed by atoms with Crippen molar-refractivity contribution in [2.75, 3.05) is 12.4 Å². The number of nitro benzene ring substituents is 1. The van der Waals surface area contributed by atoms with Crippen LogP contribution in [-0.2, 0) is 4.79 Å². The molecule has 0 bridgehead atoms. The molecule has 1 aromatic heterocycles. The van der Waals surface area contributed by atoms with Crippen LogP contribution in [0.1, 0.15) is 11.5 Å². The molecule has 0 aliphatic carbocycles. The van der Waals surface area contributed by atoms with Crippen LogP contribution in [0.4, 0.5) is 11.4 Å². The molecule has 1 heterocycles. The average molecular weight is 302 g/mol. The lowest BCUT2D eigenvalue weighted by molar-refractivity contribution is -0.384. The largest absolute Gasteiger partial charge is 0.494 e. The quantitative estimate of drug-likeness (QED) is 0.520. The fourth-order valence-corrected chi connectivity index (χ4v) is 1.77. The van der Waals surface area contributed by atoms with Crippen LogP contribution in [-0.4, -0.2) is 17.9 Å². The predicted octanol–water partition coefficient (Wildman–Crippen LogP) is 3.16. The summed E-state index contributed by atoms with van der Waals surface area (Å²) in [5, 5.41) is 13.3. The topological polar surface area (TPSA) is 94.6 Å². The number of carbonyl (C=O) groups is 1. The van der Waals surface area contributed by atoms with Crippen LogP contribution in [0.5, 0.6) is 5.75 Å². The second-order valence-electron chi connectivity index (χ2n) is 4.41. The third kappa shape index (κ3) is 3.72. The van der Waals surface area contributed by atoms with Gasteiger partial charge in [-0.1, -0.05) is 0 Å². The minimum Gasteiger partial charge on any atom is -0.494 e. The number of nitro groups is 1. The molecule has 114 valence electrons. The van der Waals surface area contributed by atoms with E-state index in [4.69, 9.17) is 9.15 Å². The van der Waals surface area contributed by atoms with Crippen LogP contribution < -0.4 is 10.1 Å². The van der Waals surface area contributed by atoms with E-state index < -0.39 is 10.8 Å². The lowest BCUT2D eigenvalue weighted by atomic mass is 10.2. The van der Waals surface area contributed by atoms with Gasteiger partial charge in [-0.2, -0.15) is 0 Å². The summed E-state index contributed by atoms with van der Waals surface area (Å²) in [5.41, 5.74) is 0.231. The molecule has 0 saturated carbocycles. The summed E-state index contributed by atoms with van der Waals surface area (Å²) in [7, 11) is 1.37. The third-order valence-corrected chi connectivity index (χ3v) is 2.81. The van der Waals surface area contributed by atoms with Crippen LogP contribution in [0, 0.1) is 17.0 Å². The van der Waals surface area contributed by atoms with Crippen molar-refractivity contribution < 1.29 is 18.9 Å². The van der Waals surface area contributed by atoms with E-state index in [0.717, 1.165) is 5.76 Å². The van der Waals surface area contributed by atoms with Gasteiger partial charge in [0.2, 0.25) is 5.91 Å². The molecule has 2 rings (SSSR count). The highest BCUT2D eigenvalue weighted by Gasteiger charge is 2.12. The SMILES string of the molecule is COc1cc([N+](=O)[O-])ccc1NC(=O)/C=C/c1ccc(C)o1. The van der Waals surface area contributed by atoms with Crippen molar-refractivity contribution in [3.05, 3.63) is 58.0 Å². The number of aryl methyl sites for hydroxylation is 1. The summed E-state index contributed by atoms with van der Waals surface area (Å²) in [6, 6.07) is 7.48. The highest BCUT2D eigenvalue weighted by Crippen LogP contribution is 2.28. The van der Waals surface area contributed by atoms with Crippen LogP contribution in [0.25, 0.3) is 6.08 Å². The zero-order valence-electron chi connectivity index (χ0n) is 12.0. The summed E-state index contributed by atoms with van der Waals surface area (Å²) in [6.07, 6.45) is 2.83. The molecule has 2 aromatic rings. The Morgan fingerprint density at radius 2 is 2.14 bits per heavy atom. The number of hydrogen-bond donors (Lipinski definition) is 1. The molecule has 0 saturated heterocycles. The molecule has 7 heteroatoms. The van der Waals surface area contributed by atoms with Gasteiger partial charge in [0.1, 0.15) is 17.3 Å². The number of benzene rings is 1. The van der Waals surface area contributed by atoms with Crippen LogP contribution >= 0.6 is 0 Å². The lowest BCUT2D eigenvalue weighted by Gasteiger charge is -2.08. The molecule has 22 heavy (non-hydrogen) atoms. The second kappa shape index (κ2) is 6.57. The number of amides is 1. The Bertz CT molecular complexity index is 733. The predicted molar refractivity (Wildman–Crippen MR) is 80.8 cm³/mol. The van der Waals surface area contributed by atoms with Crippen molar-refractivity contribution in [1.29, 1.82) is 0 Å². The van der Waals surface area contributed by atoms with E-state index in [-0.39, 0.29) is 11.4 Å². The minimum absolute atomic E-state index is 0.114. The maximum atomic E-state index is 11.9. The van der Waals surface area contributed by atoms with Gasteiger partial charge in [0, 0.05) is 12.1 Å². The molecule has 0 fully saturated rings. The van der Waals surface area contributed by atoms with Crippen molar-refractivity contribution >= 4 is 23.4 Å². The first-order valence-corrected chi connectivity index (χ1v) is 6.37. The number of carbonyl (C=O) groups excluding carboxylic acids is 1. The van der Waals surface area contributed by atoms with Gasteiger partial charge in [0.05, 0.1) is 23.8 Å². The monoisotopic (exact) mass is 302 g/mol. The van der Waals surface area contributed by atoms with Gasteiger partial charge in [0.15, 0.2) is 0 Å². The number of hydrogen-bond acceptors (Lipinski definition) is 5. The molecule has 0 unspecified atom stereocenters. The van der Waals surface area contributed by atoms with Gasteiger partial charge in [-0.25, -0.2) is 0 Å². The number of rotatable bonds is 5. The Morgan fingerprint density at radius 1 is 1.36 bits per heavy atom. The lowest BCUT2D eigenvalue weighted by Crippen LogP contribution is -2.09. The number of ether oxygens (including phenoxy) is 1. The molecular formula is C15H14N2O5. The zero-order chi connectivity index (χ0) is 16.1. The van der Waals surface area contributed by atoms with Gasteiger partial charge in [0.25, 0.3) is 5.69 Å². The fourth-order valence-electron chi connectivity index (χ4n) is 1.77. The first-order chi connectivity index (χ1) is 10.5. The number of methoxy groups -OCH3 is 1. The molecule has 1 amide bonds. The summed E-state index contributed by atoms with van der Waals surface area (Å²) in [5.74, 6) is 1.12. The van der Waals surface area contributed by atoms with E-state index in [9.17, 15) is 14.9 Å². The normalized spacial score (nSPS) is 10.6. The van der Waals surface area contributed by atoms with Gasteiger partial charge in [-0.3, -0.25) is 14.9 Å². The van der Waals surface area contributed by atoms with Crippen molar-refractivity contribution in [3.8, 4) is 5.75 Å². The van der Waals surface area contributed by atoms with Crippen LogP contribution in [0.2, 0.25) is 0 Å². The summed E-state index contributed by atoms with van der Waals surface area (Å²) >= 11 is 0. The number of nitrogens with one attached hydrogen (secondary N) is 1. The van der Waals surface area contributed by atoms with E-state index in [0.29, 0.717) is 11.4 Å². The van der Waals surface area contributed by atoms with Gasteiger partial charge >= 0.3 is 0 Å². The molecule has 1 aromatic carbocycles. The standard InChI is InChI=1S/C15H14N2O5/c1-10-3-5-12(22-10)6-8-15(18)16-13-7-4-11(17(19)20)9-14(13)21-2/h3-9H,1-2H3,(H,16,18)/b8-6+. The number of furan rings is 1. The van der Waals surface area contributed by atoms with E-state index >= 15 is 0 Å². The second-order valence-corrected chi connectivity index (χ2v) is 4.41. The maximum Gasteiger partial charge on any atom is 0.273 e. The van der Waals surface area contributed by atoms with E-state index in [1.54, 1.807) is 19.1 Å². The fraction of sp³-hybridized carbons (Fsp3) is 0.133. The van der Waals surface area contributed by atoms with E-state index in [1.165, 1.54) is 37.5 Å². The zero-order valence-corrected chi connectivity index (χ0v) is 12.0. The molecule has 7 nitrogen and oxygen atoms in total. The summed E-state index contributed by atoms with van der Waals surface area (Å²) in [6.45, 7) is 1.80. The minimum atomic E-state index is -0.534. The maximum absolute atomic E-state index is 11.9. The van der Waals surface area contributed by atoms with E-state index in [2.05, 4.69) is 5.32 Å². The molecular weight excluding hydrogens is 288 g/mol. The summed E-state index contributed by atoms with van der Waals surface area (Å²) < 4.78 is 10.3. The van der Waals surface area contributed by atoms with Gasteiger partial charge < -0.3 is 14.5 Å². The smallest absolute Gasteiger partial charge is 0.273 e. The Labute approximate surface area is 126 Å². The third-order valence-electron chi connectivity index (χ3n) is 2.81. The molecule has 0 aliphatic rings. The highest BCUT2D eigenvalue weighted by molar-refractivity contribution is 6.02. The van der Waals surface area contributed by atoms with E-state index in [1.807, 2.05) is 0 Å². The number of non-ortho nitro benzene ring substituents is 1. The first kappa shape index (κ1) is 15.3. The molecule has 0 aliphatic heterocycles. The molecule has 0 atom stereocenters. The highest BCUT2D eigenvalue weighted by atomic mass is 16.6. The van der Waals surface area contributed by atoms with Crippen molar-refractivity contribution in [1.82, 2.24) is 0 Å². The first-order valence-electron chi connectivity index (χ1n) is 6.37. The molecule has 1 N–H and O–H groups in total. The van der Waals surface area contributed by atoms with Gasteiger partial charge in [-0.05, 0) is 31.2 Å². The number of anilines is 1. The summed E-state index contributed by atoms with van der Waals surface area (Å²) in [4.78, 5) is 22.0. The van der Waals surface area contributed by atoms with Gasteiger partial charge in [-0.15, -0.1) is 0 Å². The van der Waals surface area contributed by atoms with Crippen LogP contribution in [0.3, 0.4) is 0 Å². The van der Waals surface area contributed by atoms with Crippen LogP contribution in [0.15, 0.2) is 40.8 Å². The number of nitrogens with zero attached hydrogens (tertiary/aromatic N) is 1.